The van der Waals surface area contributed by atoms with Gasteiger partial charge in [-0.05, 0) is 31.2 Å². The summed E-state index contributed by atoms with van der Waals surface area (Å²) < 4.78 is 30.2. The molecule has 0 aliphatic heterocycles. The normalized spacial score (nSPS) is 11.7. The number of rotatable bonds is 5. The van der Waals surface area contributed by atoms with E-state index in [9.17, 15) is 8.42 Å². The molecule has 8 heteroatoms. The second kappa shape index (κ2) is 7.42. The molecule has 0 N–H and O–H groups in total. The predicted molar refractivity (Wildman–Crippen MR) is 96.7 cm³/mol. The summed E-state index contributed by atoms with van der Waals surface area (Å²) in [6.45, 7) is 1.86. The third-order valence-corrected chi connectivity index (χ3v) is 4.88. The molecule has 2 aromatic carbocycles. The molecule has 5 nitrogen and oxygen atoms in total. The van der Waals surface area contributed by atoms with Gasteiger partial charge in [-0.2, -0.15) is 13.5 Å². The highest BCUT2D eigenvalue weighted by Gasteiger charge is 2.21. The fraction of sp³-hybridized carbons (Fsp3) is 0.188. The Hall–Kier alpha value is -1.76. The van der Waals surface area contributed by atoms with Crippen LogP contribution in [0.15, 0.2) is 46.4 Å². The molecule has 0 aliphatic rings. The standard InChI is InChI=1S/C16H16Cl2N2O3S/c1-11-4-6-12(7-5-11)24(21,22)23-16-13(10-19-20(2)3)14(17)8-9-15(16)18/h4-10H,1-3H3. The van der Waals surface area contributed by atoms with Crippen molar-refractivity contribution < 1.29 is 12.6 Å². The van der Waals surface area contributed by atoms with E-state index in [4.69, 9.17) is 27.4 Å². The Balaban J connectivity index is 2.48. The molecule has 2 aromatic rings. The van der Waals surface area contributed by atoms with Crippen molar-refractivity contribution in [3.8, 4) is 5.75 Å². The average Bonchev–Trinajstić information content (AvgIpc) is 2.50. The largest absolute Gasteiger partial charge is 0.377 e. The molecule has 0 aromatic heterocycles. The molecule has 0 saturated carbocycles. The maximum absolute atomic E-state index is 12.5. The van der Waals surface area contributed by atoms with Crippen molar-refractivity contribution in [3.05, 3.63) is 57.6 Å². The number of hydrogen-bond donors (Lipinski definition) is 0. The van der Waals surface area contributed by atoms with Gasteiger partial charge in [0.05, 0.1) is 21.8 Å². The highest BCUT2D eigenvalue weighted by Crippen LogP contribution is 2.35. The van der Waals surface area contributed by atoms with Crippen molar-refractivity contribution in [2.24, 2.45) is 5.10 Å². The number of aryl methyl sites for hydroxylation is 1. The first kappa shape index (κ1) is 18.6. The highest BCUT2D eigenvalue weighted by molar-refractivity contribution is 7.87. The van der Waals surface area contributed by atoms with Crippen LogP contribution in [0.2, 0.25) is 10.0 Å². The van der Waals surface area contributed by atoms with Crippen molar-refractivity contribution in [3.63, 3.8) is 0 Å². The van der Waals surface area contributed by atoms with Crippen LogP contribution in [-0.4, -0.2) is 33.7 Å². The van der Waals surface area contributed by atoms with Crippen molar-refractivity contribution in [2.45, 2.75) is 11.8 Å². The van der Waals surface area contributed by atoms with Gasteiger partial charge < -0.3 is 9.19 Å². The van der Waals surface area contributed by atoms with Gasteiger partial charge in [0, 0.05) is 14.1 Å². The first-order chi connectivity index (χ1) is 11.2. The van der Waals surface area contributed by atoms with Crippen LogP contribution in [0, 0.1) is 6.92 Å². The van der Waals surface area contributed by atoms with Crippen molar-refractivity contribution >= 4 is 39.5 Å². The van der Waals surface area contributed by atoms with E-state index in [-0.39, 0.29) is 26.3 Å². The van der Waals surface area contributed by atoms with E-state index in [1.165, 1.54) is 29.4 Å². The van der Waals surface area contributed by atoms with E-state index in [1.54, 1.807) is 32.3 Å². The lowest BCUT2D eigenvalue weighted by Gasteiger charge is -2.13. The van der Waals surface area contributed by atoms with Gasteiger partial charge in [0.2, 0.25) is 0 Å². The molecule has 0 radical (unpaired) electrons. The lowest BCUT2D eigenvalue weighted by atomic mass is 10.2. The van der Waals surface area contributed by atoms with E-state index < -0.39 is 10.1 Å². The molecule has 0 spiro atoms. The molecule has 128 valence electrons. The lowest BCUT2D eigenvalue weighted by Crippen LogP contribution is -2.12. The molecule has 0 aliphatic carbocycles. The van der Waals surface area contributed by atoms with Gasteiger partial charge in [0.1, 0.15) is 4.90 Å². The van der Waals surface area contributed by atoms with Gasteiger partial charge in [0.15, 0.2) is 5.75 Å². The Kier molecular flexibility index (Phi) is 5.74. The number of nitrogens with zero attached hydrogens (tertiary/aromatic N) is 2. The molecule has 24 heavy (non-hydrogen) atoms. The number of hydrogen-bond acceptors (Lipinski definition) is 5. The summed E-state index contributed by atoms with van der Waals surface area (Å²) in [6.07, 6.45) is 1.40. The van der Waals surface area contributed by atoms with Crippen LogP contribution in [0.1, 0.15) is 11.1 Å². The van der Waals surface area contributed by atoms with Crippen LogP contribution in [0.25, 0.3) is 0 Å². The molecule has 0 fully saturated rings. The Morgan fingerprint density at radius 2 is 1.62 bits per heavy atom. The quantitative estimate of drug-likeness (QED) is 0.443. The van der Waals surface area contributed by atoms with E-state index >= 15 is 0 Å². The second-order valence-corrected chi connectivity index (χ2v) is 7.58. The minimum Gasteiger partial charge on any atom is -0.377 e. The minimum atomic E-state index is -4.05. The third kappa shape index (κ3) is 4.41. The van der Waals surface area contributed by atoms with Gasteiger partial charge in [-0.25, -0.2) is 0 Å². The van der Waals surface area contributed by atoms with Crippen LogP contribution in [0.4, 0.5) is 0 Å². The van der Waals surface area contributed by atoms with Gasteiger partial charge >= 0.3 is 10.1 Å². The minimum absolute atomic E-state index is 0.0274. The summed E-state index contributed by atoms with van der Waals surface area (Å²) in [4.78, 5) is 0.0274. The molecule has 0 atom stereocenters. The second-order valence-electron chi connectivity index (χ2n) is 5.21. The number of halogens is 2. The predicted octanol–water partition coefficient (Wildman–Crippen LogP) is 3.97. The molecule has 0 amide bonds. The van der Waals surface area contributed by atoms with Crippen molar-refractivity contribution in [2.75, 3.05) is 14.1 Å². The SMILES string of the molecule is Cc1ccc(S(=O)(=O)Oc2c(Cl)ccc(Cl)c2C=NN(C)C)cc1. The summed E-state index contributed by atoms with van der Waals surface area (Å²) in [5.74, 6) is -0.0599. The van der Waals surface area contributed by atoms with Crippen LogP contribution < -0.4 is 4.18 Å². The summed E-state index contributed by atoms with van der Waals surface area (Å²) in [5, 5.41) is 6.00. The van der Waals surface area contributed by atoms with Crippen LogP contribution in [0.3, 0.4) is 0 Å². The van der Waals surface area contributed by atoms with E-state index in [0.29, 0.717) is 0 Å². The van der Waals surface area contributed by atoms with Crippen LogP contribution in [-0.2, 0) is 10.1 Å². The Morgan fingerprint density at radius 1 is 1.04 bits per heavy atom. The van der Waals surface area contributed by atoms with Crippen LogP contribution >= 0.6 is 23.2 Å². The fourth-order valence-electron chi connectivity index (χ4n) is 1.79. The fourth-order valence-corrected chi connectivity index (χ4v) is 3.20. The van der Waals surface area contributed by atoms with Crippen molar-refractivity contribution in [1.29, 1.82) is 0 Å². The zero-order chi connectivity index (χ0) is 17.9. The summed E-state index contributed by atoms with van der Waals surface area (Å²) in [5.41, 5.74) is 1.22. The van der Waals surface area contributed by atoms with Gasteiger partial charge in [0.25, 0.3) is 0 Å². The Morgan fingerprint density at radius 3 is 2.21 bits per heavy atom. The molecule has 0 saturated heterocycles. The lowest BCUT2D eigenvalue weighted by molar-refractivity contribution is 0.440. The zero-order valence-electron chi connectivity index (χ0n) is 13.3. The molecule has 0 bridgehead atoms. The van der Waals surface area contributed by atoms with Gasteiger partial charge in [-0.3, -0.25) is 0 Å². The molecule has 2 rings (SSSR count). The summed E-state index contributed by atoms with van der Waals surface area (Å²) in [6, 6.07) is 9.32. The molecule has 0 unspecified atom stereocenters. The monoisotopic (exact) mass is 386 g/mol. The molecular formula is C16H16Cl2N2O3S. The van der Waals surface area contributed by atoms with E-state index in [2.05, 4.69) is 5.10 Å². The average molecular weight is 387 g/mol. The zero-order valence-corrected chi connectivity index (χ0v) is 15.7. The molecule has 0 heterocycles. The van der Waals surface area contributed by atoms with Crippen LogP contribution in [0.5, 0.6) is 5.75 Å². The third-order valence-electron chi connectivity index (χ3n) is 3.02. The van der Waals surface area contributed by atoms with Crippen molar-refractivity contribution in [1.82, 2.24) is 5.01 Å². The van der Waals surface area contributed by atoms with Gasteiger partial charge in [-0.15, -0.1) is 0 Å². The van der Waals surface area contributed by atoms with E-state index in [0.717, 1.165) is 5.56 Å². The summed E-state index contributed by atoms with van der Waals surface area (Å²) >= 11 is 12.2. The topological polar surface area (TPSA) is 59.0 Å². The maximum Gasteiger partial charge on any atom is 0.339 e. The number of benzene rings is 2. The Labute approximate surface area is 151 Å². The Bertz CT molecular complexity index is 864. The first-order valence-electron chi connectivity index (χ1n) is 6.91. The summed E-state index contributed by atoms with van der Waals surface area (Å²) in [7, 11) is -0.607. The maximum atomic E-state index is 12.5. The smallest absolute Gasteiger partial charge is 0.339 e. The first-order valence-corrected chi connectivity index (χ1v) is 9.07. The molecular weight excluding hydrogens is 371 g/mol. The van der Waals surface area contributed by atoms with E-state index in [1.807, 2.05) is 6.92 Å². The van der Waals surface area contributed by atoms with Gasteiger partial charge in [-0.1, -0.05) is 40.9 Å². The highest BCUT2D eigenvalue weighted by atomic mass is 35.5. The number of hydrazone groups is 1.